The van der Waals surface area contributed by atoms with Crippen LogP contribution in [0, 0.1) is 5.92 Å². The van der Waals surface area contributed by atoms with Crippen LogP contribution in [0.5, 0.6) is 11.5 Å². The smallest absolute Gasteiger partial charge is 0.223 e. The lowest BCUT2D eigenvalue weighted by atomic mass is 10.0. The van der Waals surface area contributed by atoms with Gasteiger partial charge in [0, 0.05) is 18.9 Å². The van der Waals surface area contributed by atoms with Gasteiger partial charge >= 0.3 is 0 Å². The molecule has 0 bridgehead atoms. The third-order valence-corrected chi connectivity index (χ3v) is 5.61. The Morgan fingerprint density at radius 1 is 1.06 bits per heavy atom. The fourth-order valence-electron chi connectivity index (χ4n) is 3.75. The molecule has 1 aromatic heterocycles. The van der Waals surface area contributed by atoms with E-state index < -0.39 is 0 Å². The highest BCUT2D eigenvalue weighted by molar-refractivity contribution is 5.78. The molecule has 3 aromatic rings. The van der Waals surface area contributed by atoms with Gasteiger partial charge in [0.05, 0.1) is 24.7 Å². The number of amides is 1. The third-order valence-electron chi connectivity index (χ3n) is 5.61. The first-order valence-corrected chi connectivity index (χ1v) is 11.1. The molecule has 0 radical (unpaired) electrons. The van der Waals surface area contributed by atoms with E-state index >= 15 is 0 Å². The average molecular weight is 424 g/mol. The van der Waals surface area contributed by atoms with E-state index in [4.69, 9.17) is 14.5 Å². The number of para-hydroxylation sites is 2. The molecule has 2 aromatic carbocycles. The second kappa shape index (κ2) is 11.4. The van der Waals surface area contributed by atoms with E-state index in [2.05, 4.69) is 29.8 Å². The largest absolute Gasteiger partial charge is 0.497 e. The number of fused-ring (bicyclic) bond motifs is 1. The van der Waals surface area contributed by atoms with Crippen LogP contribution in [0.2, 0.25) is 0 Å². The molecule has 0 saturated heterocycles. The molecule has 0 spiro atoms. The number of carbonyl (C=O) groups excluding carboxylic acids is 1. The predicted octanol–water partition coefficient (Wildman–Crippen LogP) is 4.61. The summed E-state index contributed by atoms with van der Waals surface area (Å²) in [5.74, 6) is 2.92. The van der Waals surface area contributed by atoms with E-state index in [-0.39, 0.29) is 11.8 Å². The highest BCUT2D eigenvalue weighted by atomic mass is 16.5. The van der Waals surface area contributed by atoms with Crippen LogP contribution in [0.1, 0.15) is 38.9 Å². The number of benzene rings is 2. The third kappa shape index (κ3) is 6.00. The van der Waals surface area contributed by atoms with Crippen molar-refractivity contribution < 1.29 is 14.3 Å². The van der Waals surface area contributed by atoms with E-state index in [0.717, 1.165) is 54.0 Å². The molecule has 0 aliphatic rings. The van der Waals surface area contributed by atoms with Crippen LogP contribution in [0.3, 0.4) is 0 Å². The van der Waals surface area contributed by atoms with E-state index in [9.17, 15) is 4.79 Å². The van der Waals surface area contributed by atoms with Gasteiger partial charge in [-0.3, -0.25) is 4.79 Å². The normalized spacial score (nSPS) is 11.1. The van der Waals surface area contributed by atoms with Crippen molar-refractivity contribution >= 4 is 16.9 Å². The highest BCUT2D eigenvalue weighted by Crippen LogP contribution is 2.19. The number of aryl methyl sites for hydroxylation is 1. The molecule has 3 rings (SSSR count). The molecule has 1 N–H and O–H groups in total. The zero-order valence-corrected chi connectivity index (χ0v) is 18.8. The van der Waals surface area contributed by atoms with Crippen LogP contribution in [0.15, 0.2) is 48.5 Å². The average Bonchev–Trinajstić information content (AvgIpc) is 3.15. The van der Waals surface area contributed by atoms with Crippen molar-refractivity contribution in [1.82, 2.24) is 14.9 Å². The number of nitrogens with one attached hydrogen (secondary N) is 1. The summed E-state index contributed by atoms with van der Waals surface area (Å²) < 4.78 is 13.3. The van der Waals surface area contributed by atoms with Gasteiger partial charge in [0.15, 0.2) is 0 Å². The van der Waals surface area contributed by atoms with E-state index in [1.807, 2.05) is 42.5 Å². The van der Waals surface area contributed by atoms with Crippen molar-refractivity contribution in [2.24, 2.45) is 5.92 Å². The Hall–Kier alpha value is -3.02. The fraction of sp³-hybridized carbons (Fsp3) is 0.440. The molecule has 1 heterocycles. The van der Waals surface area contributed by atoms with Crippen molar-refractivity contribution in [2.45, 2.75) is 46.1 Å². The summed E-state index contributed by atoms with van der Waals surface area (Å²) in [7, 11) is 1.65. The minimum atomic E-state index is 0.111. The zero-order valence-electron chi connectivity index (χ0n) is 18.8. The molecule has 0 unspecified atom stereocenters. The highest BCUT2D eigenvalue weighted by Gasteiger charge is 2.14. The number of carbonyl (C=O) groups is 1. The van der Waals surface area contributed by atoms with Gasteiger partial charge in [0.1, 0.15) is 23.9 Å². The van der Waals surface area contributed by atoms with E-state index in [1.54, 1.807) is 7.11 Å². The maximum Gasteiger partial charge on any atom is 0.223 e. The lowest BCUT2D eigenvalue weighted by Gasteiger charge is -2.13. The van der Waals surface area contributed by atoms with Gasteiger partial charge in [-0.25, -0.2) is 4.98 Å². The monoisotopic (exact) mass is 423 g/mol. The number of methoxy groups -OCH3 is 1. The first-order valence-electron chi connectivity index (χ1n) is 11.1. The van der Waals surface area contributed by atoms with Crippen LogP contribution < -0.4 is 14.8 Å². The minimum Gasteiger partial charge on any atom is -0.497 e. The van der Waals surface area contributed by atoms with Crippen molar-refractivity contribution in [3.63, 3.8) is 0 Å². The van der Waals surface area contributed by atoms with Crippen molar-refractivity contribution in [1.29, 1.82) is 0 Å². The molecule has 1 amide bonds. The maximum absolute atomic E-state index is 12.2. The van der Waals surface area contributed by atoms with Crippen molar-refractivity contribution in [3.05, 3.63) is 54.4 Å². The molecule has 6 heteroatoms. The number of ether oxygens (including phenoxy) is 2. The van der Waals surface area contributed by atoms with Gasteiger partial charge in [-0.1, -0.05) is 26.0 Å². The standard InChI is InChI=1S/C25H33N3O3/c1-4-19(5-2)25(29)26-16-8-11-24-27-22-9-6-7-10-23(22)28(24)17-18-31-21-14-12-20(30-3)13-15-21/h6-7,9-10,12-15,19H,4-5,8,11,16-18H2,1-3H3,(H,26,29). The first kappa shape index (κ1) is 22.7. The lowest BCUT2D eigenvalue weighted by Crippen LogP contribution is -2.31. The van der Waals surface area contributed by atoms with Crippen LogP contribution in [-0.2, 0) is 17.8 Å². The summed E-state index contributed by atoms with van der Waals surface area (Å²) in [5, 5.41) is 3.07. The summed E-state index contributed by atoms with van der Waals surface area (Å²) in [4.78, 5) is 17.0. The number of aromatic nitrogens is 2. The van der Waals surface area contributed by atoms with Crippen molar-refractivity contribution in [2.75, 3.05) is 20.3 Å². The Bertz CT molecular complexity index is 962. The molecule has 0 aliphatic heterocycles. The Kier molecular flexibility index (Phi) is 8.33. The number of rotatable bonds is 12. The molecule has 166 valence electrons. The zero-order chi connectivity index (χ0) is 22.1. The van der Waals surface area contributed by atoms with E-state index in [0.29, 0.717) is 19.7 Å². The molecule has 31 heavy (non-hydrogen) atoms. The fourth-order valence-corrected chi connectivity index (χ4v) is 3.75. The number of nitrogens with zero attached hydrogens (tertiary/aromatic N) is 2. The second-order valence-electron chi connectivity index (χ2n) is 7.60. The lowest BCUT2D eigenvalue weighted by molar-refractivity contribution is -0.125. The summed E-state index contributed by atoms with van der Waals surface area (Å²) >= 11 is 0. The maximum atomic E-state index is 12.2. The van der Waals surface area contributed by atoms with E-state index in [1.165, 1.54) is 0 Å². The quantitative estimate of drug-likeness (QED) is 0.432. The van der Waals surface area contributed by atoms with Gasteiger partial charge in [0.25, 0.3) is 0 Å². The molecule has 0 saturated carbocycles. The molecule has 6 nitrogen and oxygen atoms in total. The number of imidazole rings is 1. The van der Waals surface area contributed by atoms with Gasteiger partial charge in [0.2, 0.25) is 5.91 Å². The van der Waals surface area contributed by atoms with Crippen LogP contribution in [0.4, 0.5) is 0 Å². The molecular weight excluding hydrogens is 390 g/mol. The van der Waals surface area contributed by atoms with Gasteiger partial charge in [-0.2, -0.15) is 0 Å². The molecule has 0 atom stereocenters. The first-order chi connectivity index (χ1) is 15.2. The topological polar surface area (TPSA) is 65.4 Å². The van der Waals surface area contributed by atoms with Crippen LogP contribution in [0.25, 0.3) is 11.0 Å². The summed E-state index contributed by atoms with van der Waals surface area (Å²) in [6, 6.07) is 15.8. The second-order valence-corrected chi connectivity index (χ2v) is 7.60. The van der Waals surface area contributed by atoms with Gasteiger partial charge < -0.3 is 19.4 Å². The Morgan fingerprint density at radius 3 is 2.48 bits per heavy atom. The number of hydrogen-bond acceptors (Lipinski definition) is 4. The van der Waals surface area contributed by atoms with Crippen LogP contribution in [-0.4, -0.2) is 35.7 Å². The van der Waals surface area contributed by atoms with Gasteiger partial charge in [-0.15, -0.1) is 0 Å². The van der Waals surface area contributed by atoms with Crippen LogP contribution >= 0.6 is 0 Å². The van der Waals surface area contributed by atoms with Gasteiger partial charge in [-0.05, 0) is 55.7 Å². The van der Waals surface area contributed by atoms with Crippen molar-refractivity contribution in [3.8, 4) is 11.5 Å². The minimum absolute atomic E-state index is 0.111. The molecular formula is C25H33N3O3. The Labute approximate surface area is 184 Å². The Balaban J connectivity index is 1.59. The summed E-state index contributed by atoms with van der Waals surface area (Å²) in [6.45, 7) is 6.04. The Morgan fingerprint density at radius 2 is 1.77 bits per heavy atom. The summed E-state index contributed by atoms with van der Waals surface area (Å²) in [6.07, 6.45) is 3.42. The molecule has 0 fully saturated rings. The number of hydrogen-bond donors (Lipinski definition) is 1. The predicted molar refractivity (Wildman–Crippen MR) is 124 cm³/mol. The summed E-state index contributed by atoms with van der Waals surface area (Å²) in [5.41, 5.74) is 2.10. The molecule has 0 aliphatic carbocycles. The SMILES string of the molecule is CCC(CC)C(=O)NCCCc1nc2ccccc2n1CCOc1ccc(OC)cc1.